The largest absolute Gasteiger partial charge is 0.376 e. The normalized spacial score (nSPS) is 23.2. The summed E-state index contributed by atoms with van der Waals surface area (Å²) in [4.78, 5) is 2.75. The van der Waals surface area contributed by atoms with Crippen molar-refractivity contribution in [2.45, 2.75) is 101 Å². The van der Waals surface area contributed by atoms with Crippen molar-refractivity contribution in [2.24, 2.45) is 11.8 Å². The summed E-state index contributed by atoms with van der Waals surface area (Å²) in [5.74, 6) is 1.73. The van der Waals surface area contributed by atoms with Gasteiger partial charge in [0.2, 0.25) is 0 Å². The van der Waals surface area contributed by atoms with E-state index in [1.54, 1.807) is 11.1 Å². The fourth-order valence-electron chi connectivity index (χ4n) is 15.7. The highest BCUT2D eigenvalue weighted by Crippen LogP contribution is 2.55. The molecular weight excluding hydrogens is 832 g/mol. The molecule has 69 heavy (non-hydrogen) atoms. The summed E-state index contributed by atoms with van der Waals surface area (Å²) in [5.41, 5.74) is 23.5. The van der Waals surface area contributed by atoms with Crippen LogP contribution in [0.4, 0.5) is 11.4 Å². The number of anilines is 2. The second-order valence-electron chi connectivity index (χ2n) is 22.4. The summed E-state index contributed by atoms with van der Waals surface area (Å²) in [6.07, 6.45) is 19.1. The van der Waals surface area contributed by atoms with Gasteiger partial charge < -0.3 is 9.38 Å². The molecule has 0 N–H and O–H groups in total. The Hall–Kier alpha value is -6.58. The van der Waals surface area contributed by atoms with E-state index in [0.29, 0.717) is 5.41 Å². The topological polar surface area (TPSA) is 8.17 Å². The third-order valence-electron chi connectivity index (χ3n) is 18.8. The summed E-state index contributed by atoms with van der Waals surface area (Å²) in [7, 11) is 0. The first kappa shape index (κ1) is 40.3. The van der Waals surface area contributed by atoms with Crippen LogP contribution in [0.5, 0.6) is 0 Å². The van der Waals surface area contributed by atoms with E-state index in [0.717, 1.165) is 11.8 Å². The average Bonchev–Trinajstić information content (AvgIpc) is 3.74. The van der Waals surface area contributed by atoms with Crippen molar-refractivity contribution in [1.82, 2.24) is 4.57 Å². The number of fused-ring (bicyclic) bond motifs is 11. The Morgan fingerprint density at radius 2 is 0.957 bits per heavy atom. The minimum Gasteiger partial charge on any atom is -0.376 e. The second kappa shape index (κ2) is 15.5. The average molecular weight is 891 g/mol. The van der Waals surface area contributed by atoms with Crippen LogP contribution in [0.25, 0.3) is 72.0 Å². The zero-order chi connectivity index (χ0) is 45.3. The van der Waals surface area contributed by atoms with Gasteiger partial charge in [0.05, 0.1) is 11.0 Å². The lowest BCUT2D eigenvalue weighted by atomic mass is 9.43. The molecule has 0 radical (unpaired) electrons. The molecule has 6 aliphatic rings. The fraction of sp³-hybridized carbons (Fsp3) is 0.273. The van der Waals surface area contributed by atoms with Crippen molar-refractivity contribution in [3.63, 3.8) is 0 Å². The maximum atomic E-state index is 2.77. The summed E-state index contributed by atoms with van der Waals surface area (Å²) in [6.45, 7) is -0.0216. The fourth-order valence-corrected chi connectivity index (χ4v) is 15.7. The highest BCUT2D eigenvalue weighted by molar-refractivity contribution is 6.93. The molecule has 0 amide bonds. The van der Waals surface area contributed by atoms with Gasteiger partial charge in [-0.3, -0.25) is 0 Å². The standard InChI is InChI=1S/C66H59BN2/c1-4-18-46(19-5-1)49-24-28-54(29-25-49)69-61-30-26-50(47-20-6-2-7-21-47)36-55(61)57-37-51(48-22-8-3-9-23-48)38-62-63(57)67(69)59-41-53(66-34-12-16-45(43-66)17-13-35-66)40-58-56-39-52(27-31-60(56)68(62)64(58)59)65-32-10-14-44(42-65)15-11-33-65/h1-9,18-31,36-41,44-45H,10-17,32-35,42-43H2. The van der Waals surface area contributed by atoms with Crippen LogP contribution < -0.4 is 15.7 Å². The number of benzene rings is 8. The van der Waals surface area contributed by atoms with E-state index in [4.69, 9.17) is 0 Å². The summed E-state index contributed by atoms with van der Waals surface area (Å²) in [5, 5.41) is 2.94. The minimum absolute atomic E-state index is 0.0216. The molecule has 4 bridgehead atoms. The minimum atomic E-state index is -0.0216. The zero-order valence-electron chi connectivity index (χ0n) is 39.8. The molecular formula is C66H59BN2. The predicted octanol–water partition coefficient (Wildman–Crippen LogP) is 16.2. The Bertz CT molecular complexity index is 3460. The molecule has 0 spiro atoms. The van der Waals surface area contributed by atoms with Crippen LogP contribution in [0.15, 0.2) is 176 Å². The van der Waals surface area contributed by atoms with Gasteiger partial charge in [0.25, 0.3) is 0 Å². The highest BCUT2D eigenvalue weighted by atomic mass is 15.1. The van der Waals surface area contributed by atoms with E-state index >= 15 is 0 Å². The van der Waals surface area contributed by atoms with E-state index in [2.05, 4.69) is 185 Å². The Morgan fingerprint density at radius 1 is 0.420 bits per heavy atom. The Labute approximate surface area is 408 Å². The Morgan fingerprint density at radius 3 is 1.59 bits per heavy atom. The number of aromatic nitrogens is 1. The lowest BCUT2D eigenvalue weighted by molar-refractivity contribution is 0.149. The van der Waals surface area contributed by atoms with Crippen LogP contribution in [-0.2, 0) is 10.8 Å². The molecule has 8 aromatic carbocycles. The van der Waals surface area contributed by atoms with Gasteiger partial charge in [-0.25, -0.2) is 0 Å². The molecule has 15 rings (SSSR count). The first-order valence-corrected chi connectivity index (χ1v) is 26.6. The number of hydrogen-bond acceptors (Lipinski definition) is 1. The molecule has 9 aromatic rings. The van der Waals surface area contributed by atoms with Gasteiger partial charge in [-0.1, -0.05) is 173 Å². The molecule has 0 unspecified atom stereocenters. The van der Waals surface area contributed by atoms with Gasteiger partial charge in [-0.15, -0.1) is 0 Å². The van der Waals surface area contributed by atoms with Gasteiger partial charge in [0.15, 0.2) is 0 Å². The van der Waals surface area contributed by atoms with E-state index in [-0.39, 0.29) is 12.3 Å². The van der Waals surface area contributed by atoms with Crippen LogP contribution in [0.3, 0.4) is 0 Å². The molecule has 0 atom stereocenters. The van der Waals surface area contributed by atoms with Crippen molar-refractivity contribution in [2.75, 3.05) is 4.81 Å². The van der Waals surface area contributed by atoms with E-state index in [1.165, 1.54) is 184 Å². The number of rotatable bonds is 6. The Kier molecular flexibility index (Phi) is 9.04. The molecule has 4 aliphatic carbocycles. The van der Waals surface area contributed by atoms with E-state index < -0.39 is 0 Å². The molecule has 336 valence electrons. The van der Waals surface area contributed by atoms with Crippen molar-refractivity contribution < 1.29 is 0 Å². The summed E-state index contributed by atoms with van der Waals surface area (Å²) < 4.78 is 2.75. The first-order chi connectivity index (χ1) is 34.1. The summed E-state index contributed by atoms with van der Waals surface area (Å²) in [6, 6.07) is 68.4. The third-order valence-corrected chi connectivity index (χ3v) is 18.8. The maximum Gasteiger partial charge on any atom is 0.333 e. The van der Waals surface area contributed by atoms with Gasteiger partial charge in [0, 0.05) is 33.4 Å². The zero-order valence-corrected chi connectivity index (χ0v) is 39.8. The highest BCUT2D eigenvalue weighted by Gasteiger charge is 2.48. The monoisotopic (exact) mass is 890 g/mol. The SMILES string of the molecule is c1ccc(-c2ccc(N3B4c5c(cc(-c6ccccc6)cc5-n5c6ccc(C78CCCC(CCC7)C8)cc6c6cc(C78CCCC(CCC7)C8)cc4c65)-c4cc(-c5ccccc5)ccc43)cc2)cc1. The van der Waals surface area contributed by atoms with Crippen molar-refractivity contribution in [3.05, 3.63) is 187 Å². The van der Waals surface area contributed by atoms with E-state index in [1.807, 2.05) is 0 Å². The smallest absolute Gasteiger partial charge is 0.333 e. The summed E-state index contributed by atoms with van der Waals surface area (Å²) >= 11 is 0. The molecule has 2 nitrogen and oxygen atoms in total. The third kappa shape index (κ3) is 6.17. The van der Waals surface area contributed by atoms with Gasteiger partial charge in [-0.05, 0) is 177 Å². The van der Waals surface area contributed by atoms with Crippen LogP contribution in [0.2, 0.25) is 0 Å². The lowest BCUT2D eigenvalue weighted by Crippen LogP contribution is -2.61. The van der Waals surface area contributed by atoms with Crippen molar-refractivity contribution in [1.29, 1.82) is 0 Å². The van der Waals surface area contributed by atoms with Crippen LogP contribution in [0, 0.1) is 11.8 Å². The lowest BCUT2D eigenvalue weighted by Gasteiger charge is -2.47. The van der Waals surface area contributed by atoms with Gasteiger partial charge in [0.1, 0.15) is 0 Å². The maximum absolute atomic E-state index is 2.77. The molecule has 2 aliphatic heterocycles. The first-order valence-electron chi connectivity index (χ1n) is 26.6. The van der Waals surface area contributed by atoms with Crippen LogP contribution in [0.1, 0.15) is 101 Å². The molecule has 4 saturated carbocycles. The number of hydrogen-bond donors (Lipinski definition) is 0. The van der Waals surface area contributed by atoms with E-state index in [9.17, 15) is 0 Å². The van der Waals surface area contributed by atoms with Crippen molar-refractivity contribution >= 4 is 51.0 Å². The van der Waals surface area contributed by atoms with Crippen LogP contribution >= 0.6 is 0 Å². The van der Waals surface area contributed by atoms with Gasteiger partial charge in [-0.2, -0.15) is 0 Å². The second-order valence-corrected chi connectivity index (χ2v) is 22.4. The molecule has 3 heterocycles. The molecule has 1 aromatic heterocycles. The van der Waals surface area contributed by atoms with Gasteiger partial charge >= 0.3 is 6.85 Å². The Balaban J connectivity index is 1.05. The molecule has 0 saturated heterocycles. The predicted molar refractivity (Wildman–Crippen MR) is 291 cm³/mol. The van der Waals surface area contributed by atoms with Crippen LogP contribution in [-0.4, -0.2) is 11.4 Å². The molecule has 3 heteroatoms. The quantitative estimate of drug-likeness (QED) is 0.151. The molecule has 4 fully saturated rings. The van der Waals surface area contributed by atoms with Crippen molar-refractivity contribution in [3.8, 4) is 50.2 Å². The number of nitrogens with zero attached hydrogens (tertiary/aromatic N) is 2.